The number of halogens is 1. The van der Waals surface area contributed by atoms with Gasteiger partial charge >= 0.3 is 0 Å². The molecule has 1 aliphatic heterocycles. The van der Waals surface area contributed by atoms with Crippen molar-refractivity contribution in [1.29, 1.82) is 0 Å². The average Bonchev–Trinajstić information content (AvgIpc) is 2.82. The Balaban J connectivity index is 1.95. The van der Waals surface area contributed by atoms with Crippen LogP contribution in [0.25, 0.3) is 11.2 Å². The Morgan fingerprint density at radius 2 is 2.33 bits per heavy atom. The van der Waals surface area contributed by atoms with Crippen molar-refractivity contribution in [2.75, 3.05) is 19.8 Å². The highest BCUT2D eigenvalue weighted by molar-refractivity contribution is 6.29. The van der Waals surface area contributed by atoms with Crippen LogP contribution in [0.3, 0.4) is 0 Å². The lowest BCUT2D eigenvalue weighted by Crippen LogP contribution is -2.35. The van der Waals surface area contributed by atoms with Crippen LogP contribution in [-0.4, -0.2) is 45.7 Å². The minimum Gasteiger partial charge on any atom is -0.376 e. The molecule has 2 aromatic heterocycles. The maximum Gasteiger partial charge on any atom is 0.178 e. The molecule has 0 saturated carbocycles. The second-order valence-corrected chi connectivity index (χ2v) is 4.60. The monoisotopic (exact) mass is 268 g/mol. The number of aromatic nitrogens is 4. The van der Waals surface area contributed by atoms with Gasteiger partial charge in [0, 0.05) is 0 Å². The first-order valence-corrected chi connectivity index (χ1v) is 6.18. The summed E-state index contributed by atoms with van der Waals surface area (Å²) in [7, 11) is 0. The van der Waals surface area contributed by atoms with E-state index in [0.717, 1.165) is 5.52 Å². The van der Waals surface area contributed by atoms with Crippen LogP contribution in [0.2, 0.25) is 5.15 Å². The highest BCUT2D eigenvalue weighted by atomic mass is 35.5. The van der Waals surface area contributed by atoms with E-state index in [1.165, 1.54) is 6.20 Å². The van der Waals surface area contributed by atoms with Crippen molar-refractivity contribution in [1.82, 2.24) is 19.7 Å². The molecule has 1 aliphatic rings. The van der Waals surface area contributed by atoms with Crippen LogP contribution in [-0.2, 0) is 9.47 Å². The predicted octanol–water partition coefficient (Wildman–Crippen LogP) is 1.46. The Bertz CT molecular complexity index is 553. The third-order valence-corrected chi connectivity index (χ3v) is 3.22. The van der Waals surface area contributed by atoms with E-state index < -0.39 is 0 Å². The molecule has 6 nitrogen and oxygen atoms in total. The second kappa shape index (κ2) is 4.79. The van der Waals surface area contributed by atoms with Gasteiger partial charge < -0.3 is 9.47 Å². The van der Waals surface area contributed by atoms with Gasteiger partial charge in [-0.25, -0.2) is 14.6 Å². The molecule has 1 fully saturated rings. The van der Waals surface area contributed by atoms with Gasteiger partial charge in [-0.2, -0.15) is 5.10 Å². The average molecular weight is 269 g/mol. The molecule has 2 unspecified atom stereocenters. The van der Waals surface area contributed by atoms with Crippen LogP contribution in [0.4, 0.5) is 0 Å². The lowest BCUT2D eigenvalue weighted by Gasteiger charge is -2.28. The van der Waals surface area contributed by atoms with Crippen molar-refractivity contribution in [3.8, 4) is 0 Å². The molecule has 0 spiro atoms. The van der Waals surface area contributed by atoms with Gasteiger partial charge in [-0.05, 0) is 6.92 Å². The molecule has 0 bridgehead atoms. The van der Waals surface area contributed by atoms with Crippen LogP contribution in [0.1, 0.15) is 13.0 Å². The van der Waals surface area contributed by atoms with Crippen LogP contribution >= 0.6 is 11.6 Å². The molecule has 2 atom stereocenters. The van der Waals surface area contributed by atoms with Gasteiger partial charge in [0.1, 0.15) is 16.8 Å². The number of nitrogens with zero attached hydrogens (tertiary/aromatic N) is 4. The molecule has 3 rings (SSSR count). The molecule has 0 N–H and O–H groups in total. The Morgan fingerprint density at radius 3 is 3.11 bits per heavy atom. The first-order chi connectivity index (χ1) is 8.75. The Morgan fingerprint density at radius 1 is 1.44 bits per heavy atom. The number of ether oxygens (including phenoxy) is 2. The van der Waals surface area contributed by atoms with E-state index in [2.05, 4.69) is 15.1 Å². The fourth-order valence-corrected chi connectivity index (χ4v) is 2.17. The summed E-state index contributed by atoms with van der Waals surface area (Å²) in [5.41, 5.74) is 1.40. The lowest BCUT2D eigenvalue weighted by atomic mass is 10.2. The molecule has 18 heavy (non-hydrogen) atoms. The highest BCUT2D eigenvalue weighted by Gasteiger charge is 2.25. The molecular formula is C11H13ClN4O2. The van der Waals surface area contributed by atoms with E-state index >= 15 is 0 Å². The SMILES string of the molecule is CC(C1COCCO1)n1ncc2ncc(Cl)nc21. The maximum atomic E-state index is 5.87. The van der Waals surface area contributed by atoms with Crippen LogP contribution in [0, 0.1) is 0 Å². The summed E-state index contributed by atoms with van der Waals surface area (Å²) >= 11 is 5.87. The molecule has 0 amide bonds. The summed E-state index contributed by atoms with van der Waals surface area (Å²) in [6.45, 7) is 3.85. The largest absolute Gasteiger partial charge is 0.376 e. The van der Waals surface area contributed by atoms with E-state index in [1.807, 2.05) is 6.92 Å². The zero-order valence-electron chi connectivity index (χ0n) is 9.91. The molecule has 96 valence electrons. The van der Waals surface area contributed by atoms with E-state index in [0.29, 0.717) is 30.6 Å². The van der Waals surface area contributed by atoms with Gasteiger partial charge in [-0.1, -0.05) is 11.6 Å². The van der Waals surface area contributed by atoms with E-state index in [4.69, 9.17) is 21.1 Å². The number of fused-ring (bicyclic) bond motifs is 1. The van der Waals surface area contributed by atoms with Crippen molar-refractivity contribution in [3.63, 3.8) is 0 Å². The molecular weight excluding hydrogens is 256 g/mol. The van der Waals surface area contributed by atoms with Crippen molar-refractivity contribution in [2.45, 2.75) is 19.1 Å². The van der Waals surface area contributed by atoms with Gasteiger partial charge in [-0.3, -0.25) is 0 Å². The summed E-state index contributed by atoms with van der Waals surface area (Å²) in [6, 6.07) is 0.0237. The van der Waals surface area contributed by atoms with Gasteiger partial charge in [-0.15, -0.1) is 0 Å². The topological polar surface area (TPSA) is 62.1 Å². The fraction of sp³-hybridized carbons (Fsp3) is 0.545. The van der Waals surface area contributed by atoms with E-state index in [9.17, 15) is 0 Å². The Labute approximate surface area is 109 Å². The van der Waals surface area contributed by atoms with Crippen molar-refractivity contribution >= 4 is 22.8 Å². The summed E-state index contributed by atoms with van der Waals surface area (Å²) in [6.07, 6.45) is 3.17. The standard InChI is InChI=1S/C11H13ClN4O2/c1-7(9-6-17-2-3-18-9)16-11-8(4-14-16)13-5-10(12)15-11/h4-5,7,9H,2-3,6H2,1H3. The van der Waals surface area contributed by atoms with Gasteiger partial charge in [0.25, 0.3) is 0 Å². The van der Waals surface area contributed by atoms with Crippen molar-refractivity contribution in [3.05, 3.63) is 17.5 Å². The smallest absolute Gasteiger partial charge is 0.178 e. The predicted molar refractivity (Wildman–Crippen MR) is 65.6 cm³/mol. The zero-order chi connectivity index (χ0) is 12.5. The number of rotatable bonds is 2. The number of hydrogen-bond donors (Lipinski definition) is 0. The van der Waals surface area contributed by atoms with E-state index in [1.54, 1.807) is 10.9 Å². The van der Waals surface area contributed by atoms with Crippen LogP contribution in [0.5, 0.6) is 0 Å². The van der Waals surface area contributed by atoms with Crippen molar-refractivity contribution in [2.24, 2.45) is 0 Å². The van der Waals surface area contributed by atoms with Crippen LogP contribution < -0.4 is 0 Å². The maximum absolute atomic E-state index is 5.87. The normalized spacial score (nSPS) is 22.2. The third kappa shape index (κ3) is 2.07. The Kier molecular flexibility index (Phi) is 3.15. The van der Waals surface area contributed by atoms with E-state index in [-0.39, 0.29) is 12.1 Å². The molecule has 7 heteroatoms. The summed E-state index contributed by atoms with van der Waals surface area (Å²) in [4.78, 5) is 8.44. The summed E-state index contributed by atoms with van der Waals surface area (Å²) in [5, 5.41) is 4.67. The zero-order valence-corrected chi connectivity index (χ0v) is 10.7. The molecule has 0 radical (unpaired) electrons. The number of hydrogen-bond acceptors (Lipinski definition) is 5. The lowest BCUT2D eigenvalue weighted by molar-refractivity contribution is -0.106. The van der Waals surface area contributed by atoms with Gasteiger partial charge in [0.15, 0.2) is 5.65 Å². The second-order valence-electron chi connectivity index (χ2n) is 4.22. The van der Waals surface area contributed by atoms with Crippen LogP contribution in [0.15, 0.2) is 12.4 Å². The minimum absolute atomic E-state index is 0.0237. The minimum atomic E-state index is -0.0253. The molecule has 0 aliphatic carbocycles. The Hall–Kier alpha value is -1.24. The van der Waals surface area contributed by atoms with Crippen molar-refractivity contribution < 1.29 is 9.47 Å². The summed E-state index contributed by atoms with van der Waals surface area (Å²) < 4.78 is 12.9. The summed E-state index contributed by atoms with van der Waals surface area (Å²) in [5.74, 6) is 0. The molecule has 0 aromatic carbocycles. The molecule has 3 heterocycles. The highest BCUT2D eigenvalue weighted by Crippen LogP contribution is 2.21. The quantitative estimate of drug-likeness (QED) is 0.825. The van der Waals surface area contributed by atoms with Gasteiger partial charge in [0.05, 0.1) is 38.3 Å². The van der Waals surface area contributed by atoms with Gasteiger partial charge in [0.2, 0.25) is 0 Å². The third-order valence-electron chi connectivity index (χ3n) is 3.04. The molecule has 1 saturated heterocycles. The first kappa shape index (κ1) is 11.8. The molecule has 2 aromatic rings. The first-order valence-electron chi connectivity index (χ1n) is 5.81. The fourth-order valence-electron chi connectivity index (χ4n) is 2.04.